The second-order valence-electron chi connectivity index (χ2n) is 7.96. The van der Waals surface area contributed by atoms with Crippen molar-refractivity contribution in [1.82, 2.24) is 20.2 Å². The Morgan fingerprint density at radius 3 is 2.47 bits per heavy atom. The second kappa shape index (κ2) is 7.12. The van der Waals surface area contributed by atoms with Gasteiger partial charge in [0, 0.05) is 28.7 Å². The van der Waals surface area contributed by atoms with Gasteiger partial charge >= 0.3 is 6.03 Å². The standard InChI is InChI=1S/C24H20N4O4/c1-14-2-9-20(25-11-14)15-3-6-17(7-4-15)24(22(31)26-23(32)27-24)13-28-12-16-5-8-18(29)10-19(16)21(28)30/h2-12,29-30H,13H2,1H3,(H2,26,27,31,32)/t24-/m1/s1. The first kappa shape index (κ1) is 19.6. The van der Waals surface area contributed by atoms with E-state index in [0.29, 0.717) is 16.3 Å². The van der Waals surface area contributed by atoms with Crippen molar-refractivity contribution in [2.75, 3.05) is 0 Å². The zero-order chi connectivity index (χ0) is 22.5. The van der Waals surface area contributed by atoms with E-state index < -0.39 is 17.5 Å². The minimum atomic E-state index is -1.41. The quantitative estimate of drug-likeness (QED) is 0.373. The van der Waals surface area contributed by atoms with Gasteiger partial charge in [0.25, 0.3) is 5.91 Å². The average Bonchev–Trinajstić information content (AvgIpc) is 3.24. The van der Waals surface area contributed by atoms with Crippen molar-refractivity contribution in [1.29, 1.82) is 0 Å². The molecule has 8 nitrogen and oxygen atoms in total. The Labute approximate surface area is 183 Å². The molecule has 0 spiro atoms. The Bertz CT molecular complexity index is 1360. The van der Waals surface area contributed by atoms with E-state index in [1.807, 2.05) is 31.2 Å². The molecule has 1 saturated heterocycles. The molecule has 4 aromatic rings. The third-order valence-electron chi connectivity index (χ3n) is 5.78. The molecule has 1 atom stereocenters. The van der Waals surface area contributed by atoms with E-state index in [4.69, 9.17) is 0 Å². The van der Waals surface area contributed by atoms with Gasteiger partial charge in [-0.2, -0.15) is 0 Å². The SMILES string of the molecule is Cc1ccc(-c2ccc([C@@]3(Cn4cc5ccc(O)cc5c4O)NC(=O)NC3=O)cc2)nc1. The van der Waals surface area contributed by atoms with Gasteiger partial charge in [0.15, 0.2) is 11.4 Å². The normalized spacial score (nSPS) is 18.0. The minimum Gasteiger partial charge on any atom is -0.508 e. The van der Waals surface area contributed by atoms with Crippen LogP contribution in [0.1, 0.15) is 11.1 Å². The number of aryl methyl sites for hydroxylation is 1. The first-order valence-corrected chi connectivity index (χ1v) is 10.0. The molecule has 5 rings (SSSR count). The lowest BCUT2D eigenvalue weighted by Gasteiger charge is -2.27. The second-order valence-corrected chi connectivity index (χ2v) is 7.96. The highest BCUT2D eigenvalue weighted by molar-refractivity contribution is 6.07. The Kier molecular flexibility index (Phi) is 4.37. The maximum atomic E-state index is 12.9. The summed E-state index contributed by atoms with van der Waals surface area (Å²) in [6.45, 7) is 1.93. The van der Waals surface area contributed by atoms with Crippen molar-refractivity contribution < 1.29 is 19.8 Å². The van der Waals surface area contributed by atoms with E-state index in [1.165, 1.54) is 16.7 Å². The van der Waals surface area contributed by atoms with Crippen molar-refractivity contribution in [3.8, 4) is 22.9 Å². The number of fused-ring (bicyclic) bond motifs is 1. The number of rotatable bonds is 4. The zero-order valence-corrected chi connectivity index (χ0v) is 17.2. The number of hydrogen-bond acceptors (Lipinski definition) is 5. The summed E-state index contributed by atoms with van der Waals surface area (Å²) in [6.07, 6.45) is 3.46. The molecule has 1 aliphatic rings. The van der Waals surface area contributed by atoms with Gasteiger partial charge < -0.3 is 20.1 Å². The molecule has 8 heteroatoms. The van der Waals surface area contributed by atoms with Crippen molar-refractivity contribution in [3.05, 3.63) is 78.1 Å². The van der Waals surface area contributed by atoms with Crippen LogP contribution in [0.4, 0.5) is 4.79 Å². The van der Waals surface area contributed by atoms with Crippen LogP contribution in [0.5, 0.6) is 11.6 Å². The predicted molar refractivity (Wildman–Crippen MR) is 118 cm³/mol. The monoisotopic (exact) mass is 428 g/mol. The summed E-state index contributed by atoms with van der Waals surface area (Å²) in [7, 11) is 0. The fourth-order valence-electron chi connectivity index (χ4n) is 4.07. The van der Waals surface area contributed by atoms with E-state index in [1.54, 1.807) is 30.6 Å². The molecule has 2 aromatic carbocycles. The average molecular weight is 428 g/mol. The number of nitrogens with one attached hydrogen (secondary N) is 2. The number of pyridine rings is 1. The van der Waals surface area contributed by atoms with E-state index >= 15 is 0 Å². The number of amides is 3. The lowest BCUT2D eigenvalue weighted by atomic mass is 9.88. The summed E-state index contributed by atoms with van der Waals surface area (Å²) in [6, 6.07) is 15.2. The molecular formula is C24H20N4O4. The van der Waals surface area contributed by atoms with E-state index in [2.05, 4.69) is 15.6 Å². The van der Waals surface area contributed by atoms with Crippen LogP contribution in [0.3, 0.4) is 0 Å². The fourth-order valence-corrected chi connectivity index (χ4v) is 4.07. The molecule has 1 fully saturated rings. The molecule has 0 radical (unpaired) electrons. The van der Waals surface area contributed by atoms with Gasteiger partial charge in [0.1, 0.15) is 5.75 Å². The first-order valence-electron chi connectivity index (χ1n) is 10.0. The summed E-state index contributed by atoms with van der Waals surface area (Å²) in [5.74, 6) is -0.596. The lowest BCUT2D eigenvalue weighted by molar-refractivity contribution is -0.124. The van der Waals surface area contributed by atoms with Crippen LogP contribution in [0, 0.1) is 6.92 Å². The molecule has 2 aromatic heterocycles. The maximum Gasteiger partial charge on any atom is 0.322 e. The number of aromatic hydroxyl groups is 2. The summed E-state index contributed by atoms with van der Waals surface area (Å²) >= 11 is 0. The summed E-state index contributed by atoms with van der Waals surface area (Å²) in [5, 5.41) is 26.6. The number of phenols is 1. The van der Waals surface area contributed by atoms with Gasteiger partial charge in [-0.1, -0.05) is 30.3 Å². The number of imide groups is 1. The molecule has 0 saturated carbocycles. The largest absolute Gasteiger partial charge is 0.508 e. The highest BCUT2D eigenvalue weighted by Crippen LogP contribution is 2.35. The van der Waals surface area contributed by atoms with Gasteiger partial charge in [-0.15, -0.1) is 0 Å². The van der Waals surface area contributed by atoms with Crippen LogP contribution in [0.15, 0.2) is 67.0 Å². The number of nitrogens with zero attached hydrogens (tertiary/aromatic N) is 2. The number of hydrogen-bond donors (Lipinski definition) is 4. The van der Waals surface area contributed by atoms with Gasteiger partial charge in [0.2, 0.25) is 0 Å². The van der Waals surface area contributed by atoms with Crippen molar-refractivity contribution in [2.45, 2.75) is 19.0 Å². The summed E-state index contributed by atoms with van der Waals surface area (Å²) < 4.78 is 1.49. The smallest absolute Gasteiger partial charge is 0.322 e. The van der Waals surface area contributed by atoms with Crippen molar-refractivity contribution in [3.63, 3.8) is 0 Å². The number of carbonyl (C=O) groups excluding carboxylic acids is 2. The van der Waals surface area contributed by atoms with E-state index in [0.717, 1.165) is 16.8 Å². The van der Waals surface area contributed by atoms with E-state index in [9.17, 15) is 19.8 Å². The predicted octanol–water partition coefficient (Wildman–Crippen LogP) is 3.16. The van der Waals surface area contributed by atoms with Crippen LogP contribution in [0.25, 0.3) is 22.0 Å². The van der Waals surface area contributed by atoms with Gasteiger partial charge in [-0.05, 0) is 42.3 Å². The molecule has 0 bridgehead atoms. The topological polar surface area (TPSA) is 116 Å². The molecule has 4 N–H and O–H groups in total. The van der Waals surface area contributed by atoms with Gasteiger partial charge in [-0.25, -0.2) is 4.79 Å². The molecule has 0 aliphatic carbocycles. The number of benzene rings is 2. The first-order chi connectivity index (χ1) is 15.4. The number of phenolic OH excluding ortho intramolecular Hbond substituents is 1. The highest BCUT2D eigenvalue weighted by atomic mass is 16.3. The molecule has 0 unspecified atom stereocenters. The Hall–Kier alpha value is -4.33. The van der Waals surface area contributed by atoms with Gasteiger partial charge in [0.05, 0.1) is 12.2 Å². The van der Waals surface area contributed by atoms with Crippen molar-refractivity contribution in [2.24, 2.45) is 0 Å². The molecule has 1 aliphatic heterocycles. The van der Waals surface area contributed by atoms with Gasteiger partial charge in [-0.3, -0.25) is 15.1 Å². The zero-order valence-electron chi connectivity index (χ0n) is 17.2. The van der Waals surface area contributed by atoms with Crippen LogP contribution >= 0.6 is 0 Å². The Balaban J connectivity index is 1.56. The molecule has 3 heterocycles. The summed E-state index contributed by atoms with van der Waals surface area (Å²) in [4.78, 5) is 29.5. The molecular weight excluding hydrogens is 408 g/mol. The third-order valence-corrected chi connectivity index (χ3v) is 5.78. The Morgan fingerprint density at radius 2 is 1.81 bits per heavy atom. The van der Waals surface area contributed by atoms with E-state index in [-0.39, 0.29) is 18.2 Å². The maximum absolute atomic E-state index is 12.9. The van der Waals surface area contributed by atoms with Crippen molar-refractivity contribution >= 4 is 22.7 Å². The number of urea groups is 1. The minimum absolute atomic E-state index is 0.0208. The Morgan fingerprint density at radius 1 is 1.03 bits per heavy atom. The highest BCUT2D eigenvalue weighted by Gasteiger charge is 2.48. The third kappa shape index (κ3) is 3.13. The molecule has 3 amide bonds. The number of carbonyl (C=O) groups is 2. The summed E-state index contributed by atoms with van der Waals surface area (Å²) in [5.41, 5.74) is 1.88. The van der Waals surface area contributed by atoms with Crippen LogP contribution in [-0.4, -0.2) is 31.7 Å². The van der Waals surface area contributed by atoms with Crippen LogP contribution in [0.2, 0.25) is 0 Å². The lowest BCUT2D eigenvalue weighted by Crippen LogP contribution is -2.47. The molecule has 32 heavy (non-hydrogen) atoms. The molecule has 160 valence electrons. The van der Waals surface area contributed by atoms with Crippen LogP contribution in [-0.2, 0) is 16.9 Å². The van der Waals surface area contributed by atoms with Crippen LogP contribution < -0.4 is 10.6 Å². The number of aromatic nitrogens is 2. The fraction of sp³-hybridized carbons (Fsp3) is 0.125.